The number of rotatable bonds is 7. The normalized spacial score (nSPS) is 11.7. The Labute approximate surface area is 128 Å². The van der Waals surface area contributed by atoms with Gasteiger partial charge in [0.1, 0.15) is 17.6 Å². The second-order valence-electron chi connectivity index (χ2n) is 4.78. The number of non-ortho nitro benzene ring substituents is 1. The van der Waals surface area contributed by atoms with E-state index >= 15 is 0 Å². The summed E-state index contributed by atoms with van der Waals surface area (Å²) in [6, 6.07) is 13.7. The summed E-state index contributed by atoms with van der Waals surface area (Å²) in [7, 11) is 1.60. The summed E-state index contributed by atoms with van der Waals surface area (Å²) in [4.78, 5) is 10.4. The predicted molar refractivity (Wildman–Crippen MR) is 83.3 cm³/mol. The van der Waals surface area contributed by atoms with Crippen LogP contribution >= 0.6 is 0 Å². The Kier molecular flexibility index (Phi) is 5.32. The Morgan fingerprint density at radius 3 is 2.45 bits per heavy atom. The van der Waals surface area contributed by atoms with Crippen molar-refractivity contribution in [3.05, 3.63) is 64.2 Å². The Balaban J connectivity index is 2.05. The van der Waals surface area contributed by atoms with E-state index in [1.54, 1.807) is 43.5 Å². The van der Waals surface area contributed by atoms with E-state index in [4.69, 9.17) is 15.2 Å². The van der Waals surface area contributed by atoms with Crippen molar-refractivity contribution in [2.45, 2.75) is 12.5 Å². The number of benzene rings is 2. The molecule has 0 amide bonds. The molecule has 22 heavy (non-hydrogen) atoms. The predicted octanol–water partition coefficient (Wildman–Crippen LogP) is 2.55. The van der Waals surface area contributed by atoms with Gasteiger partial charge in [-0.15, -0.1) is 0 Å². The van der Waals surface area contributed by atoms with Gasteiger partial charge < -0.3 is 15.2 Å². The molecule has 0 aliphatic carbocycles. The number of nitro benzene ring substituents is 1. The molecule has 0 aromatic heterocycles. The van der Waals surface area contributed by atoms with Crippen molar-refractivity contribution in [3.8, 4) is 11.5 Å². The van der Waals surface area contributed by atoms with Crippen molar-refractivity contribution in [1.29, 1.82) is 0 Å². The van der Waals surface area contributed by atoms with Crippen LogP contribution in [0.3, 0.4) is 0 Å². The van der Waals surface area contributed by atoms with Gasteiger partial charge in [0.15, 0.2) is 0 Å². The minimum atomic E-state index is -0.411. The smallest absolute Gasteiger partial charge is 0.269 e. The fourth-order valence-corrected chi connectivity index (χ4v) is 2.08. The molecule has 2 aromatic rings. The highest BCUT2D eigenvalue weighted by Gasteiger charge is 2.12. The second-order valence-corrected chi connectivity index (χ2v) is 4.78. The van der Waals surface area contributed by atoms with Crippen molar-refractivity contribution in [2.24, 2.45) is 5.73 Å². The molecule has 0 heterocycles. The van der Waals surface area contributed by atoms with E-state index in [2.05, 4.69) is 0 Å². The van der Waals surface area contributed by atoms with Gasteiger partial charge in [0.05, 0.1) is 12.0 Å². The molecule has 0 fully saturated rings. The molecule has 1 unspecified atom stereocenters. The number of hydrogen-bond acceptors (Lipinski definition) is 5. The molecular formula is C16H18N2O4. The highest BCUT2D eigenvalue weighted by atomic mass is 16.6. The Hall–Kier alpha value is -2.60. The van der Waals surface area contributed by atoms with Crippen LogP contribution in [-0.2, 0) is 6.42 Å². The first-order valence-electron chi connectivity index (χ1n) is 6.86. The zero-order valence-electron chi connectivity index (χ0n) is 12.3. The number of ether oxygens (including phenoxy) is 2. The van der Waals surface area contributed by atoms with Gasteiger partial charge >= 0.3 is 0 Å². The fraction of sp³-hybridized carbons (Fsp3) is 0.250. The molecule has 2 aromatic carbocycles. The van der Waals surface area contributed by atoms with E-state index in [1.165, 1.54) is 6.07 Å². The maximum absolute atomic E-state index is 10.8. The summed E-state index contributed by atoms with van der Waals surface area (Å²) in [5, 5.41) is 10.8. The van der Waals surface area contributed by atoms with Gasteiger partial charge in [0.2, 0.25) is 0 Å². The molecule has 2 rings (SSSR count). The van der Waals surface area contributed by atoms with Crippen molar-refractivity contribution in [1.82, 2.24) is 0 Å². The highest BCUT2D eigenvalue weighted by Crippen LogP contribution is 2.20. The van der Waals surface area contributed by atoms with E-state index in [9.17, 15) is 10.1 Å². The maximum atomic E-state index is 10.8. The molecule has 6 nitrogen and oxygen atoms in total. The van der Waals surface area contributed by atoms with Gasteiger partial charge in [-0.2, -0.15) is 0 Å². The third-order valence-electron chi connectivity index (χ3n) is 3.21. The van der Waals surface area contributed by atoms with Crippen molar-refractivity contribution >= 4 is 5.69 Å². The lowest BCUT2D eigenvalue weighted by Crippen LogP contribution is -2.29. The first-order valence-corrected chi connectivity index (χ1v) is 6.86. The number of methoxy groups -OCH3 is 1. The Morgan fingerprint density at radius 1 is 1.18 bits per heavy atom. The van der Waals surface area contributed by atoms with Gasteiger partial charge in [-0.25, -0.2) is 0 Å². The summed E-state index contributed by atoms with van der Waals surface area (Å²) in [6.45, 7) is 0.314. The molecule has 0 spiro atoms. The topological polar surface area (TPSA) is 87.6 Å². The number of hydrogen-bond donors (Lipinski definition) is 1. The zero-order chi connectivity index (χ0) is 15.9. The molecular weight excluding hydrogens is 284 g/mol. The van der Waals surface area contributed by atoms with E-state index in [0.29, 0.717) is 18.7 Å². The average molecular weight is 302 g/mol. The molecule has 2 N–H and O–H groups in total. The van der Waals surface area contributed by atoms with Crippen LogP contribution in [0.1, 0.15) is 5.56 Å². The minimum absolute atomic E-state index is 0.0673. The van der Waals surface area contributed by atoms with Gasteiger partial charge in [0.25, 0.3) is 5.69 Å². The van der Waals surface area contributed by atoms with E-state index in [-0.39, 0.29) is 11.8 Å². The largest absolute Gasteiger partial charge is 0.497 e. The molecule has 0 radical (unpaired) electrons. The Bertz CT molecular complexity index is 628. The summed E-state index contributed by atoms with van der Waals surface area (Å²) >= 11 is 0. The number of nitrogens with zero attached hydrogens (tertiary/aromatic N) is 1. The molecule has 0 saturated carbocycles. The molecule has 1 atom stereocenters. The minimum Gasteiger partial charge on any atom is -0.497 e. The third kappa shape index (κ3) is 4.20. The van der Waals surface area contributed by atoms with Crippen molar-refractivity contribution in [3.63, 3.8) is 0 Å². The molecule has 0 aliphatic heterocycles. The SMILES string of the molecule is COc1ccc(OC(CN)Cc2cccc([N+](=O)[O-])c2)cc1. The van der Waals surface area contributed by atoms with Gasteiger partial charge in [-0.3, -0.25) is 10.1 Å². The van der Waals surface area contributed by atoms with Gasteiger partial charge in [-0.1, -0.05) is 12.1 Å². The van der Waals surface area contributed by atoms with Crippen LogP contribution in [0.15, 0.2) is 48.5 Å². The zero-order valence-corrected chi connectivity index (χ0v) is 12.3. The summed E-state index contributed by atoms with van der Waals surface area (Å²) in [5.74, 6) is 1.43. The summed E-state index contributed by atoms with van der Waals surface area (Å²) in [6.07, 6.45) is 0.250. The lowest BCUT2D eigenvalue weighted by Gasteiger charge is -2.17. The van der Waals surface area contributed by atoms with Crippen LogP contribution in [-0.4, -0.2) is 24.7 Å². The van der Waals surface area contributed by atoms with E-state index in [1.807, 2.05) is 6.07 Å². The number of nitro groups is 1. The van der Waals surface area contributed by atoms with E-state index < -0.39 is 4.92 Å². The lowest BCUT2D eigenvalue weighted by molar-refractivity contribution is -0.384. The summed E-state index contributed by atoms with van der Waals surface area (Å²) < 4.78 is 10.9. The standard InChI is InChI=1S/C16H18N2O4/c1-21-14-5-7-15(8-6-14)22-16(11-17)10-12-3-2-4-13(9-12)18(19)20/h2-9,16H,10-11,17H2,1H3. The monoisotopic (exact) mass is 302 g/mol. The molecule has 0 bridgehead atoms. The fourth-order valence-electron chi connectivity index (χ4n) is 2.08. The average Bonchev–Trinajstić information content (AvgIpc) is 2.55. The van der Waals surface area contributed by atoms with Crippen molar-refractivity contribution in [2.75, 3.05) is 13.7 Å². The van der Waals surface area contributed by atoms with E-state index in [0.717, 1.165) is 11.3 Å². The number of nitrogens with two attached hydrogens (primary N) is 1. The first-order chi connectivity index (χ1) is 10.6. The second kappa shape index (κ2) is 7.42. The van der Waals surface area contributed by atoms with Crippen LogP contribution in [0.2, 0.25) is 0 Å². The molecule has 6 heteroatoms. The maximum Gasteiger partial charge on any atom is 0.269 e. The quantitative estimate of drug-likeness (QED) is 0.627. The lowest BCUT2D eigenvalue weighted by atomic mass is 10.1. The van der Waals surface area contributed by atoms with Crippen molar-refractivity contribution < 1.29 is 14.4 Å². The first kappa shape index (κ1) is 15.8. The third-order valence-corrected chi connectivity index (χ3v) is 3.21. The van der Waals surface area contributed by atoms with Gasteiger partial charge in [-0.05, 0) is 29.8 Å². The summed E-state index contributed by atoms with van der Waals surface area (Å²) in [5.41, 5.74) is 6.62. The molecule has 116 valence electrons. The highest BCUT2D eigenvalue weighted by molar-refractivity contribution is 5.35. The van der Waals surface area contributed by atoms with Crippen LogP contribution in [0.5, 0.6) is 11.5 Å². The molecule has 0 saturated heterocycles. The van der Waals surface area contributed by atoms with Crippen LogP contribution in [0, 0.1) is 10.1 Å². The Morgan fingerprint density at radius 2 is 1.86 bits per heavy atom. The molecule has 0 aliphatic rings. The van der Waals surface area contributed by atoms with Gasteiger partial charge in [0, 0.05) is 25.1 Å². The van der Waals surface area contributed by atoms with Crippen LogP contribution < -0.4 is 15.2 Å². The van der Waals surface area contributed by atoms with Crippen LogP contribution in [0.4, 0.5) is 5.69 Å². The van der Waals surface area contributed by atoms with Crippen LogP contribution in [0.25, 0.3) is 0 Å².